The maximum Gasteiger partial charge on any atom is 0.0973 e. The van der Waals surface area contributed by atoms with E-state index in [2.05, 4.69) is 43.4 Å². The minimum Gasteiger partial charge on any atom is -0.375 e. The van der Waals surface area contributed by atoms with Gasteiger partial charge in [-0.25, -0.2) is 0 Å². The second-order valence-corrected chi connectivity index (χ2v) is 5.09. The maximum absolute atomic E-state index is 5.71. The Morgan fingerprint density at radius 3 is 2.39 bits per heavy atom. The Kier molecular flexibility index (Phi) is 6.99. The van der Waals surface area contributed by atoms with E-state index < -0.39 is 0 Å². The second-order valence-electron chi connectivity index (χ2n) is 5.09. The van der Waals surface area contributed by atoms with E-state index in [4.69, 9.17) is 4.74 Å². The van der Waals surface area contributed by atoms with Crippen LogP contribution in [-0.2, 0) is 4.74 Å². The van der Waals surface area contributed by atoms with E-state index in [1.165, 1.54) is 18.4 Å². The van der Waals surface area contributed by atoms with Crippen LogP contribution < -0.4 is 5.32 Å². The molecule has 1 N–H and O–H groups in total. The van der Waals surface area contributed by atoms with Crippen LogP contribution in [0.1, 0.15) is 44.8 Å². The summed E-state index contributed by atoms with van der Waals surface area (Å²) in [5.74, 6) is 0.730. The van der Waals surface area contributed by atoms with Crippen LogP contribution >= 0.6 is 0 Å². The highest BCUT2D eigenvalue weighted by atomic mass is 16.5. The van der Waals surface area contributed by atoms with E-state index >= 15 is 0 Å². The third-order valence-corrected chi connectivity index (χ3v) is 3.56. The Morgan fingerprint density at radius 1 is 1.22 bits per heavy atom. The summed E-state index contributed by atoms with van der Waals surface area (Å²) >= 11 is 0. The van der Waals surface area contributed by atoms with Crippen LogP contribution in [0.5, 0.6) is 0 Å². The molecule has 2 nitrogen and oxygen atoms in total. The minimum atomic E-state index is 0.135. The first-order valence-corrected chi connectivity index (χ1v) is 6.97. The minimum absolute atomic E-state index is 0.135. The molecular weight excluding hydrogens is 222 g/mol. The highest BCUT2D eigenvalue weighted by Gasteiger charge is 2.23. The number of nitrogens with one attached hydrogen (secondary N) is 1. The molecule has 0 aliphatic rings. The molecule has 0 amide bonds. The molecule has 0 saturated heterocycles. The van der Waals surface area contributed by atoms with E-state index in [0.717, 1.165) is 12.3 Å². The largest absolute Gasteiger partial charge is 0.375 e. The number of methoxy groups -OCH3 is 1. The normalized spacial score (nSPS) is 16.2. The Morgan fingerprint density at radius 2 is 1.89 bits per heavy atom. The van der Waals surface area contributed by atoms with Gasteiger partial charge in [0.1, 0.15) is 0 Å². The zero-order valence-electron chi connectivity index (χ0n) is 12.1. The van der Waals surface area contributed by atoms with E-state index in [9.17, 15) is 0 Å². The van der Waals surface area contributed by atoms with Gasteiger partial charge in [-0.2, -0.15) is 0 Å². The number of benzene rings is 1. The van der Waals surface area contributed by atoms with Crippen molar-refractivity contribution in [1.82, 2.24) is 5.32 Å². The lowest BCUT2D eigenvalue weighted by Crippen LogP contribution is -2.34. The summed E-state index contributed by atoms with van der Waals surface area (Å²) in [4.78, 5) is 0. The van der Waals surface area contributed by atoms with Crippen LogP contribution in [0.25, 0.3) is 0 Å². The van der Waals surface area contributed by atoms with Crippen molar-refractivity contribution in [2.45, 2.75) is 45.3 Å². The summed E-state index contributed by atoms with van der Waals surface area (Å²) in [5, 5.41) is 3.42. The summed E-state index contributed by atoms with van der Waals surface area (Å²) in [6.45, 7) is 4.57. The van der Waals surface area contributed by atoms with Gasteiger partial charge in [-0.3, -0.25) is 0 Å². The average Bonchev–Trinajstić information content (AvgIpc) is 2.40. The van der Waals surface area contributed by atoms with Crippen LogP contribution in [0, 0.1) is 5.92 Å². The summed E-state index contributed by atoms with van der Waals surface area (Å²) < 4.78 is 5.71. The molecule has 0 aromatic heterocycles. The smallest absolute Gasteiger partial charge is 0.0973 e. The molecule has 0 saturated carbocycles. The molecular formula is C16H27NO. The van der Waals surface area contributed by atoms with Gasteiger partial charge in [0.15, 0.2) is 0 Å². The highest BCUT2D eigenvalue weighted by molar-refractivity contribution is 5.19. The fourth-order valence-corrected chi connectivity index (χ4v) is 2.61. The van der Waals surface area contributed by atoms with Gasteiger partial charge < -0.3 is 10.1 Å². The molecule has 102 valence electrons. The van der Waals surface area contributed by atoms with Crippen LogP contribution in [0.2, 0.25) is 0 Å². The van der Waals surface area contributed by atoms with Crippen molar-refractivity contribution in [3.63, 3.8) is 0 Å². The zero-order chi connectivity index (χ0) is 13.4. The molecule has 0 bridgehead atoms. The monoisotopic (exact) mass is 249 g/mol. The molecule has 0 aliphatic heterocycles. The lowest BCUT2D eigenvalue weighted by molar-refractivity contribution is 0.0620. The fraction of sp³-hybridized carbons (Fsp3) is 0.625. The van der Waals surface area contributed by atoms with E-state index in [1.54, 1.807) is 7.11 Å². The molecule has 0 spiro atoms. The number of hydrogen-bond acceptors (Lipinski definition) is 2. The summed E-state index contributed by atoms with van der Waals surface area (Å²) in [6, 6.07) is 10.8. The van der Waals surface area contributed by atoms with Gasteiger partial charge in [0, 0.05) is 13.2 Å². The topological polar surface area (TPSA) is 21.3 Å². The summed E-state index contributed by atoms with van der Waals surface area (Å²) in [7, 11) is 3.82. The number of ether oxygens (including phenoxy) is 1. The Hall–Kier alpha value is -0.860. The second kappa shape index (κ2) is 8.28. The van der Waals surface area contributed by atoms with Crippen molar-refractivity contribution >= 4 is 0 Å². The molecule has 0 fully saturated rings. The quantitative estimate of drug-likeness (QED) is 0.757. The van der Waals surface area contributed by atoms with E-state index in [1.807, 2.05) is 13.1 Å². The van der Waals surface area contributed by atoms with Crippen LogP contribution in [0.4, 0.5) is 0 Å². The molecule has 0 heterocycles. The van der Waals surface area contributed by atoms with Crippen molar-refractivity contribution in [3.05, 3.63) is 35.9 Å². The Bertz CT molecular complexity index is 312. The average molecular weight is 249 g/mol. The summed E-state index contributed by atoms with van der Waals surface area (Å²) in [5.41, 5.74) is 1.25. The van der Waals surface area contributed by atoms with Crippen LogP contribution in [0.15, 0.2) is 30.3 Å². The fourth-order valence-electron chi connectivity index (χ4n) is 2.61. The lowest BCUT2D eigenvalue weighted by Gasteiger charge is -2.28. The van der Waals surface area contributed by atoms with Crippen LogP contribution in [0.3, 0.4) is 0 Å². The standard InChI is InChI=1S/C16H27NO/c1-5-9-13(2)12-15(17-3)16(18-4)14-10-7-6-8-11-14/h6-8,10-11,13,15-17H,5,9,12H2,1-4H3. The van der Waals surface area contributed by atoms with Crippen LogP contribution in [-0.4, -0.2) is 20.2 Å². The molecule has 2 heteroatoms. The zero-order valence-corrected chi connectivity index (χ0v) is 12.1. The van der Waals surface area contributed by atoms with Crippen molar-refractivity contribution in [2.24, 2.45) is 5.92 Å². The van der Waals surface area contributed by atoms with Crippen molar-refractivity contribution in [3.8, 4) is 0 Å². The van der Waals surface area contributed by atoms with Gasteiger partial charge in [-0.05, 0) is 24.9 Å². The predicted molar refractivity (Wildman–Crippen MR) is 77.7 cm³/mol. The van der Waals surface area contributed by atoms with Gasteiger partial charge in [0.05, 0.1) is 6.10 Å². The molecule has 0 aliphatic carbocycles. The third kappa shape index (κ3) is 4.43. The molecule has 0 radical (unpaired) electrons. The van der Waals surface area contributed by atoms with Gasteiger partial charge in [0.25, 0.3) is 0 Å². The first-order chi connectivity index (χ1) is 8.72. The van der Waals surface area contributed by atoms with E-state index in [0.29, 0.717) is 6.04 Å². The Balaban J connectivity index is 2.72. The molecule has 1 aromatic rings. The van der Waals surface area contributed by atoms with Gasteiger partial charge in [-0.15, -0.1) is 0 Å². The third-order valence-electron chi connectivity index (χ3n) is 3.56. The number of rotatable bonds is 8. The lowest BCUT2D eigenvalue weighted by atomic mass is 9.91. The van der Waals surface area contributed by atoms with Gasteiger partial charge in [-0.1, -0.05) is 57.0 Å². The molecule has 3 unspecified atom stereocenters. The molecule has 1 aromatic carbocycles. The van der Waals surface area contributed by atoms with Gasteiger partial charge >= 0.3 is 0 Å². The molecule has 3 atom stereocenters. The summed E-state index contributed by atoms with van der Waals surface area (Å²) in [6.07, 6.45) is 3.82. The number of hydrogen-bond donors (Lipinski definition) is 1. The van der Waals surface area contributed by atoms with Crippen molar-refractivity contribution in [1.29, 1.82) is 0 Å². The SMILES string of the molecule is CCCC(C)CC(NC)C(OC)c1ccccc1. The Labute approximate surface area is 112 Å². The first-order valence-electron chi connectivity index (χ1n) is 6.97. The predicted octanol–water partition coefficient (Wildman–Crippen LogP) is 3.79. The highest BCUT2D eigenvalue weighted by Crippen LogP contribution is 2.25. The van der Waals surface area contributed by atoms with Gasteiger partial charge in [0.2, 0.25) is 0 Å². The van der Waals surface area contributed by atoms with E-state index in [-0.39, 0.29) is 6.10 Å². The van der Waals surface area contributed by atoms with Crippen molar-refractivity contribution < 1.29 is 4.74 Å². The maximum atomic E-state index is 5.71. The molecule has 18 heavy (non-hydrogen) atoms. The molecule has 1 rings (SSSR count). The van der Waals surface area contributed by atoms with Crippen molar-refractivity contribution in [2.75, 3.05) is 14.2 Å². The number of likely N-dealkylation sites (N-methyl/N-ethyl adjacent to an activating group) is 1. The first kappa shape index (κ1) is 15.2.